The molecule has 150 valence electrons. The lowest BCUT2D eigenvalue weighted by Crippen LogP contribution is -2.34. The lowest BCUT2D eigenvalue weighted by Gasteiger charge is -2.21. The van der Waals surface area contributed by atoms with E-state index in [-0.39, 0.29) is 18.0 Å². The Morgan fingerprint density at radius 3 is 2.76 bits per heavy atom. The maximum absolute atomic E-state index is 12.6. The van der Waals surface area contributed by atoms with E-state index in [9.17, 15) is 14.9 Å². The molecule has 1 aromatic heterocycles. The topological polar surface area (TPSA) is 109 Å². The van der Waals surface area contributed by atoms with Crippen molar-refractivity contribution in [3.63, 3.8) is 0 Å². The van der Waals surface area contributed by atoms with Gasteiger partial charge in [0, 0.05) is 31.1 Å². The number of benzene rings is 2. The van der Waals surface area contributed by atoms with Crippen molar-refractivity contribution in [1.29, 1.82) is 0 Å². The van der Waals surface area contributed by atoms with Gasteiger partial charge < -0.3 is 19.4 Å². The molecular weight excluding hydrogens is 376 g/mol. The van der Waals surface area contributed by atoms with Crippen LogP contribution in [0.1, 0.15) is 17.4 Å². The number of aryl methyl sites for hydroxylation is 1. The van der Waals surface area contributed by atoms with Gasteiger partial charge in [-0.3, -0.25) is 14.9 Å². The average molecular weight is 396 g/mol. The van der Waals surface area contributed by atoms with Crippen molar-refractivity contribution in [1.82, 2.24) is 14.9 Å². The first-order valence-corrected chi connectivity index (χ1v) is 8.76. The van der Waals surface area contributed by atoms with Crippen molar-refractivity contribution in [2.45, 2.75) is 6.04 Å². The van der Waals surface area contributed by atoms with Crippen LogP contribution in [0.5, 0.6) is 11.5 Å². The number of carbonyl (C=O) groups is 1. The number of nitrogens with one attached hydrogen (secondary N) is 1. The molecule has 0 spiro atoms. The third kappa shape index (κ3) is 4.70. The first-order valence-electron chi connectivity index (χ1n) is 8.76. The summed E-state index contributed by atoms with van der Waals surface area (Å²) >= 11 is 0. The lowest BCUT2D eigenvalue weighted by molar-refractivity contribution is -0.384. The summed E-state index contributed by atoms with van der Waals surface area (Å²) in [6.45, 7) is -0.308. The fraction of sp³-hybridized carbons (Fsp3) is 0.200. The van der Waals surface area contributed by atoms with Crippen LogP contribution in [0.25, 0.3) is 0 Å². The number of hydrogen-bond donors (Lipinski definition) is 1. The molecule has 1 amide bonds. The third-order valence-corrected chi connectivity index (χ3v) is 4.27. The molecule has 1 unspecified atom stereocenters. The number of amides is 1. The molecule has 0 bridgehead atoms. The van der Waals surface area contributed by atoms with Crippen LogP contribution in [0.3, 0.4) is 0 Å². The highest BCUT2D eigenvalue weighted by atomic mass is 16.6. The Morgan fingerprint density at radius 2 is 2.07 bits per heavy atom. The second-order valence-electron chi connectivity index (χ2n) is 6.18. The van der Waals surface area contributed by atoms with Crippen LogP contribution in [-0.2, 0) is 11.8 Å². The number of ether oxygens (including phenoxy) is 2. The molecule has 1 heterocycles. The molecule has 0 aliphatic carbocycles. The van der Waals surface area contributed by atoms with Crippen LogP contribution < -0.4 is 14.8 Å². The van der Waals surface area contributed by atoms with E-state index < -0.39 is 16.9 Å². The number of hydrogen-bond acceptors (Lipinski definition) is 6. The Morgan fingerprint density at radius 1 is 1.28 bits per heavy atom. The first kappa shape index (κ1) is 19.9. The number of aromatic nitrogens is 2. The van der Waals surface area contributed by atoms with Crippen molar-refractivity contribution in [2.24, 2.45) is 7.05 Å². The number of methoxy groups -OCH3 is 1. The monoisotopic (exact) mass is 396 g/mol. The van der Waals surface area contributed by atoms with E-state index in [1.165, 1.54) is 18.2 Å². The number of para-hydroxylation sites is 1. The van der Waals surface area contributed by atoms with E-state index in [4.69, 9.17) is 9.47 Å². The van der Waals surface area contributed by atoms with Crippen molar-refractivity contribution in [3.05, 3.63) is 82.4 Å². The molecule has 0 aliphatic rings. The number of nitro benzene ring substituents is 1. The minimum atomic E-state index is -0.563. The zero-order valence-electron chi connectivity index (χ0n) is 15.9. The molecule has 0 fully saturated rings. The maximum atomic E-state index is 12.6. The number of nitrogens with zero attached hydrogens (tertiary/aromatic N) is 3. The van der Waals surface area contributed by atoms with E-state index in [0.29, 0.717) is 11.6 Å². The van der Waals surface area contributed by atoms with Gasteiger partial charge in [0.2, 0.25) is 0 Å². The van der Waals surface area contributed by atoms with Crippen LogP contribution in [-0.4, -0.2) is 34.1 Å². The van der Waals surface area contributed by atoms with Crippen LogP contribution in [0.15, 0.2) is 60.9 Å². The highest BCUT2D eigenvalue weighted by Crippen LogP contribution is 2.29. The fourth-order valence-corrected chi connectivity index (χ4v) is 2.88. The summed E-state index contributed by atoms with van der Waals surface area (Å²) in [5, 5.41) is 13.8. The molecule has 1 atom stereocenters. The number of carbonyl (C=O) groups excluding carboxylic acids is 1. The molecule has 3 aromatic rings. The van der Waals surface area contributed by atoms with Crippen LogP contribution in [0.2, 0.25) is 0 Å². The van der Waals surface area contributed by atoms with Crippen LogP contribution >= 0.6 is 0 Å². The quantitative estimate of drug-likeness (QED) is 0.463. The van der Waals surface area contributed by atoms with Crippen LogP contribution in [0, 0.1) is 10.1 Å². The van der Waals surface area contributed by atoms with E-state index in [0.717, 1.165) is 5.56 Å². The van der Waals surface area contributed by atoms with E-state index in [1.807, 2.05) is 25.2 Å². The molecule has 9 heteroatoms. The molecule has 1 N–H and O–H groups in total. The third-order valence-electron chi connectivity index (χ3n) is 4.27. The summed E-state index contributed by atoms with van der Waals surface area (Å²) in [6, 6.07) is 12.4. The Kier molecular flexibility index (Phi) is 6.08. The van der Waals surface area contributed by atoms with Gasteiger partial charge in [-0.05, 0) is 12.1 Å². The van der Waals surface area contributed by atoms with Crippen molar-refractivity contribution in [3.8, 4) is 11.5 Å². The molecule has 3 rings (SSSR count). The fourth-order valence-electron chi connectivity index (χ4n) is 2.88. The summed E-state index contributed by atoms with van der Waals surface area (Å²) in [5.74, 6) is 1.06. The van der Waals surface area contributed by atoms with E-state index in [2.05, 4.69) is 10.3 Å². The van der Waals surface area contributed by atoms with E-state index >= 15 is 0 Å². The number of rotatable bonds is 8. The summed E-state index contributed by atoms with van der Waals surface area (Å²) < 4.78 is 12.7. The lowest BCUT2D eigenvalue weighted by atomic mass is 10.0. The second-order valence-corrected chi connectivity index (χ2v) is 6.18. The van der Waals surface area contributed by atoms with Crippen LogP contribution in [0.4, 0.5) is 5.69 Å². The highest BCUT2D eigenvalue weighted by Gasteiger charge is 2.24. The molecule has 0 saturated heterocycles. The Hall–Kier alpha value is -3.88. The smallest absolute Gasteiger partial charge is 0.273 e. The molecule has 0 aliphatic heterocycles. The van der Waals surface area contributed by atoms with Gasteiger partial charge in [-0.15, -0.1) is 0 Å². The second kappa shape index (κ2) is 8.87. The summed E-state index contributed by atoms with van der Waals surface area (Å²) in [6.07, 6.45) is 3.42. The zero-order chi connectivity index (χ0) is 20.8. The predicted molar refractivity (Wildman–Crippen MR) is 105 cm³/mol. The highest BCUT2D eigenvalue weighted by molar-refractivity contribution is 5.78. The van der Waals surface area contributed by atoms with Gasteiger partial charge >= 0.3 is 0 Å². The number of non-ortho nitro benzene ring substituents is 1. The molecular formula is C20H20N4O5. The standard InChI is InChI=1S/C20H20N4O5/c1-23-11-10-21-20(23)19(16-8-3-4-9-17(16)28-2)22-18(25)13-29-15-7-5-6-14(12-15)24(26)27/h3-12,19H,13H2,1-2H3,(H,22,25). The van der Waals surface area contributed by atoms with E-state index in [1.54, 1.807) is 36.2 Å². The summed E-state index contributed by atoms with van der Waals surface area (Å²) in [7, 11) is 3.39. The molecule has 29 heavy (non-hydrogen) atoms. The van der Waals surface area contributed by atoms with Gasteiger partial charge in [-0.25, -0.2) is 4.98 Å². The molecule has 0 saturated carbocycles. The van der Waals surface area contributed by atoms with Gasteiger partial charge in [0.1, 0.15) is 23.4 Å². The Bertz CT molecular complexity index is 1020. The Labute approximate surface area is 167 Å². The van der Waals surface area contributed by atoms with Crippen molar-refractivity contribution in [2.75, 3.05) is 13.7 Å². The number of imidazole rings is 1. The van der Waals surface area contributed by atoms with Gasteiger partial charge in [-0.2, -0.15) is 0 Å². The normalized spacial score (nSPS) is 11.5. The molecule has 2 aromatic carbocycles. The van der Waals surface area contributed by atoms with Gasteiger partial charge in [0.15, 0.2) is 6.61 Å². The minimum Gasteiger partial charge on any atom is -0.496 e. The van der Waals surface area contributed by atoms with Gasteiger partial charge in [0.25, 0.3) is 11.6 Å². The predicted octanol–water partition coefficient (Wildman–Crippen LogP) is 2.62. The maximum Gasteiger partial charge on any atom is 0.273 e. The molecule has 0 radical (unpaired) electrons. The first-order chi connectivity index (χ1) is 14.0. The van der Waals surface area contributed by atoms with Gasteiger partial charge in [0.05, 0.1) is 18.1 Å². The Balaban J connectivity index is 1.78. The van der Waals surface area contributed by atoms with Crippen molar-refractivity contribution < 1.29 is 19.2 Å². The minimum absolute atomic E-state index is 0.109. The zero-order valence-corrected chi connectivity index (χ0v) is 15.9. The van der Waals surface area contributed by atoms with Crippen molar-refractivity contribution >= 4 is 11.6 Å². The molecule has 9 nitrogen and oxygen atoms in total. The average Bonchev–Trinajstić information content (AvgIpc) is 3.16. The summed E-state index contributed by atoms with van der Waals surface area (Å²) in [4.78, 5) is 27.3. The SMILES string of the molecule is COc1ccccc1C(NC(=O)COc1cccc([N+](=O)[O-])c1)c1nccn1C. The van der Waals surface area contributed by atoms with Gasteiger partial charge in [-0.1, -0.05) is 24.3 Å². The summed E-state index contributed by atoms with van der Waals surface area (Å²) in [5.41, 5.74) is 0.635. The largest absolute Gasteiger partial charge is 0.496 e. The number of nitro groups is 1.